The van der Waals surface area contributed by atoms with Crippen molar-refractivity contribution in [2.75, 3.05) is 0 Å². The molecule has 81 heavy (non-hydrogen) atoms. The largest absolute Gasteiger partial charge is 0.449 e. The van der Waals surface area contributed by atoms with Crippen molar-refractivity contribution >= 4 is 56.7 Å². The molecule has 0 spiro atoms. The highest BCUT2D eigenvalue weighted by Gasteiger charge is 2.16. The maximum atomic E-state index is 5.53. The van der Waals surface area contributed by atoms with Crippen molar-refractivity contribution in [3.8, 4) is 0 Å². The van der Waals surface area contributed by atoms with Gasteiger partial charge in [-0.3, -0.25) is 0 Å². The molecule has 16 heteroatoms. The number of aromatic nitrogens is 8. The van der Waals surface area contributed by atoms with E-state index in [0.29, 0.717) is 65.1 Å². The van der Waals surface area contributed by atoms with Crippen LogP contribution in [0, 0.1) is 55.4 Å². The third-order valence-corrected chi connectivity index (χ3v) is 17.1. The zero-order chi connectivity index (χ0) is 62.2. The van der Waals surface area contributed by atoms with Gasteiger partial charge in [0, 0.05) is 54.8 Å². The molecule has 8 aromatic rings. The van der Waals surface area contributed by atoms with E-state index >= 15 is 0 Å². The van der Waals surface area contributed by atoms with Crippen molar-refractivity contribution in [2.45, 2.75) is 273 Å². The van der Waals surface area contributed by atoms with Gasteiger partial charge in [0.25, 0.3) is 0 Å². The number of nitrogens with zero attached hydrogens (tertiary/aromatic N) is 8. The summed E-state index contributed by atoms with van der Waals surface area (Å²) in [6.07, 6.45) is 5.17. The van der Waals surface area contributed by atoms with Crippen LogP contribution in [0.4, 0.5) is 0 Å². The Kier molecular flexibility index (Phi) is 34.3. The maximum absolute atomic E-state index is 5.53. The van der Waals surface area contributed by atoms with Crippen LogP contribution in [0.25, 0.3) is 0 Å². The van der Waals surface area contributed by atoms with Gasteiger partial charge in [-0.05, 0) is 96.8 Å². The molecule has 0 N–H and O–H groups in total. The van der Waals surface area contributed by atoms with Crippen molar-refractivity contribution in [3.63, 3.8) is 0 Å². The molecule has 0 unspecified atom stereocenters. The molecule has 0 saturated carbocycles. The second kappa shape index (κ2) is 37.2. The molecular weight excluding hydrogens is 1100 g/mol. The highest BCUT2D eigenvalue weighted by Crippen LogP contribution is 2.31. The molecule has 0 aliphatic carbocycles. The van der Waals surface area contributed by atoms with Crippen LogP contribution in [0.15, 0.2) is 42.9 Å². The summed E-state index contributed by atoms with van der Waals surface area (Å²) in [5.41, 5.74) is 9.12. The molecule has 8 aromatic heterocycles. The lowest BCUT2D eigenvalue weighted by molar-refractivity contribution is 0.449. The molecule has 0 atom stereocenters. The van der Waals surface area contributed by atoms with E-state index in [1.165, 1.54) is 68.7 Å². The number of hydrogen-bond donors (Lipinski definition) is 0. The second-order valence-electron chi connectivity index (χ2n) is 23.7. The molecular formula is C65H106N8O3S5. The van der Waals surface area contributed by atoms with Gasteiger partial charge in [0.05, 0.1) is 65.9 Å². The highest BCUT2D eigenvalue weighted by atomic mass is 32.1. The van der Waals surface area contributed by atoms with Gasteiger partial charge in [0.15, 0.2) is 18.2 Å². The van der Waals surface area contributed by atoms with Crippen molar-refractivity contribution < 1.29 is 13.3 Å². The zero-order valence-electron chi connectivity index (χ0n) is 55.6. The fraction of sp³-hybridized carbons (Fsp3) is 0.631. The van der Waals surface area contributed by atoms with Gasteiger partial charge in [-0.15, -0.1) is 56.7 Å². The lowest BCUT2D eigenvalue weighted by Gasteiger charge is -2.07. The van der Waals surface area contributed by atoms with Gasteiger partial charge in [-0.25, -0.2) is 39.9 Å². The number of hydrogen-bond acceptors (Lipinski definition) is 16. The van der Waals surface area contributed by atoms with Crippen molar-refractivity contribution in [1.82, 2.24) is 39.9 Å². The maximum Gasteiger partial charge on any atom is 0.197 e. The lowest BCUT2D eigenvalue weighted by Crippen LogP contribution is -1.94. The molecule has 0 bridgehead atoms. The van der Waals surface area contributed by atoms with Crippen LogP contribution in [0.2, 0.25) is 0 Å². The molecule has 11 nitrogen and oxygen atoms in total. The van der Waals surface area contributed by atoms with Crippen molar-refractivity contribution in [2.24, 2.45) is 0 Å². The van der Waals surface area contributed by atoms with Crippen LogP contribution in [0.3, 0.4) is 0 Å². The van der Waals surface area contributed by atoms with E-state index in [2.05, 4.69) is 225 Å². The SMILES string of the molecule is Cc1cnc(C(C)C)o1.Cc1cnc(C(C)C)s1.Cc1nc(C(C)C)c(C(C)C)s1.Cc1nc(C(C)C)cs1.Cc1oc(C(C)C)nc1C(C)C.Cc1ocnc1C(C)C.Cc1sc(C(C)C)nc1C(C)C.Cc1scnc1C(C)C. The van der Waals surface area contributed by atoms with Gasteiger partial charge in [-0.2, -0.15) is 0 Å². The Bertz CT molecular complexity index is 2680. The van der Waals surface area contributed by atoms with Crippen LogP contribution in [-0.4, -0.2) is 39.9 Å². The standard InChI is InChI=1S/C10H17NO.2C10H17NS.2C7H11NO.3C7H11NS/c1-6(2)9-8(5)12-10(11-9)7(3)4;1-6(2)9-10(7(3)4)12-8(5)11-9;1-6(2)9-8(5)12-10(11-9)7(3)4;1-5(2)7-6(3)9-4-8-7;1-5(2)7-8-4-6(3)9-7;1-5(2)7-6(3)9-4-8-7;1-5(2)7-4-9-6(3)8-7;1-5(2)7-8-4-6(3)9-7/h3*6-7H,1-5H3;5*4-5H,1-3H3. The van der Waals surface area contributed by atoms with Crippen molar-refractivity contribution in [1.29, 1.82) is 0 Å². The first-order valence-electron chi connectivity index (χ1n) is 29.1. The van der Waals surface area contributed by atoms with Crippen LogP contribution < -0.4 is 0 Å². The monoisotopic (exact) mass is 1210 g/mol. The van der Waals surface area contributed by atoms with Gasteiger partial charge in [0.1, 0.15) is 17.3 Å². The van der Waals surface area contributed by atoms with Crippen LogP contribution in [0.1, 0.15) is 320 Å². The Morgan fingerprint density at radius 2 is 0.926 bits per heavy atom. The molecule has 0 aliphatic rings. The van der Waals surface area contributed by atoms with Gasteiger partial charge >= 0.3 is 0 Å². The second-order valence-corrected chi connectivity index (χ2v) is 29.5. The van der Waals surface area contributed by atoms with Crippen LogP contribution in [-0.2, 0) is 0 Å². The van der Waals surface area contributed by atoms with E-state index in [4.69, 9.17) is 13.3 Å². The van der Waals surface area contributed by atoms with E-state index in [1.807, 2.05) is 62.1 Å². The Balaban J connectivity index is 0.000000464. The number of oxazole rings is 3. The molecule has 0 aromatic carbocycles. The summed E-state index contributed by atoms with van der Waals surface area (Å²) in [5.74, 6) is 10.3. The number of thiazole rings is 5. The minimum absolute atomic E-state index is 0.385. The molecule has 0 fully saturated rings. The van der Waals surface area contributed by atoms with E-state index in [-0.39, 0.29) is 0 Å². The summed E-state index contributed by atoms with van der Waals surface area (Å²) in [6.45, 7) is 63.8. The molecule has 0 saturated heterocycles. The predicted octanol–water partition coefficient (Wildman–Crippen LogP) is 22.6. The van der Waals surface area contributed by atoms with Gasteiger partial charge < -0.3 is 13.3 Å². The molecule has 0 aliphatic heterocycles. The summed E-state index contributed by atoms with van der Waals surface area (Å²) >= 11 is 8.91. The summed E-state index contributed by atoms with van der Waals surface area (Å²) in [7, 11) is 0. The Labute approximate surface area is 511 Å². The minimum atomic E-state index is 0.385. The Hall–Kier alpha value is -4.22. The van der Waals surface area contributed by atoms with Gasteiger partial charge in [-0.1, -0.05) is 152 Å². The first kappa shape index (κ1) is 74.8. The number of rotatable bonds is 11. The fourth-order valence-corrected chi connectivity index (χ4v) is 11.8. The molecule has 8 rings (SSSR count). The summed E-state index contributed by atoms with van der Waals surface area (Å²) in [4.78, 5) is 40.0. The zero-order valence-corrected chi connectivity index (χ0v) is 59.7. The average Bonchev–Trinajstić information content (AvgIpc) is 4.22. The number of aryl methyl sites for hydroxylation is 8. The smallest absolute Gasteiger partial charge is 0.197 e. The Morgan fingerprint density at radius 1 is 0.370 bits per heavy atom. The van der Waals surface area contributed by atoms with E-state index < -0.39 is 0 Å². The first-order valence-corrected chi connectivity index (χ1v) is 33.3. The van der Waals surface area contributed by atoms with E-state index in [1.54, 1.807) is 40.2 Å². The molecule has 0 amide bonds. The molecule has 454 valence electrons. The topological polar surface area (TPSA) is 143 Å². The van der Waals surface area contributed by atoms with Crippen LogP contribution in [0.5, 0.6) is 0 Å². The van der Waals surface area contributed by atoms with E-state index in [0.717, 1.165) is 40.5 Å². The quantitative estimate of drug-likeness (QED) is 0.122. The highest BCUT2D eigenvalue weighted by molar-refractivity contribution is 7.12. The summed E-state index contributed by atoms with van der Waals surface area (Å²) in [6, 6.07) is 0. The lowest BCUT2D eigenvalue weighted by atomic mass is 10.0. The minimum Gasteiger partial charge on any atom is -0.449 e. The van der Waals surface area contributed by atoms with Crippen LogP contribution >= 0.6 is 56.7 Å². The Morgan fingerprint density at radius 3 is 1.17 bits per heavy atom. The third-order valence-electron chi connectivity index (χ3n) is 11.8. The molecule has 8 heterocycles. The predicted molar refractivity (Wildman–Crippen MR) is 353 cm³/mol. The average molecular weight is 1210 g/mol. The fourth-order valence-electron chi connectivity index (χ4n) is 7.37. The molecule has 0 radical (unpaired) electrons. The van der Waals surface area contributed by atoms with Gasteiger partial charge in [0.2, 0.25) is 0 Å². The third kappa shape index (κ3) is 27.4. The van der Waals surface area contributed by atoms with Crippen molar-refractivity contribution in [3.05, 3.63) is 132 Å². The normalized spacial score (nSPS) is 11.1. The summed E-state index contributed by atoms with van der Waals surface area (Å²) in [5, 5.41) is 7.00. The van der Waals surface area contributed by atoms with E-state index in [9.17, 15) is 0 Å². The first-order chi connectivity index (χ1) is 37.6. The summed E-state index contributed by atoms with van der Waals surface area (Å²) < 4.78 is 15.8.